The largest absolute Gasteiger partial charge is 0.357 e. The molecule has 162 valence electrons. The lowest BCUT2D eigenvalue weighted by Gasteiger charge is -2.23. The van der Waals surface area contributed by atoms with Crippen LogP contribution in [-0.4, -0.2) is 52.9 Å². The van der Waals surface area contributed by atoms with E-state index in [9.17, 15) is 4.79 Å². The number of aromatic nitrogens is 2. The second-order valence-corrected chi connectivity index (χ2v) is 7.85. The van der Waals surface area contributed by atoms with E-state index in [1.54, 1.807) is 0 Å². The van der Waals surface area contributed by atoms with Crippen LogP contribution in [0.15, 0.2) is 41.5 Å². The van der Waals surface area contributed by atoms with Gasteiger partial charge in [0.15, 0.2) is 5.96 Å². The van der Waals surface area contributed by atoms with Crippen molar-refractivity contribution in [1.29, 1.82) is 0 Å². The van der Waals surface area contributed by atoms with Gasteiger partial charge in [-0.2, -0.15) is 0 Å². The molecule has 0 atom stereocenters. The van der Waals surface area contributed by atoms with Crippen molar-refractivity contribution < 1.29 is 4.79 Å². The number of carbonyl (C=O) groups excluding carboxylic acids is 1. The summed E-state index contributed by atoms with van der Waals surface area (Å²) in [4.78, 5) is 26.8. The zero-order valence-corrected chi connectivity index (χ0v) is 18.2. The molecule has 7 heteroatoms. The fourth-order valence-corrected chi connectivity index (χ4v) is 3.79. The molecular weight excluding hydrogens is 376 g/mol. The van der Waals surface area contributed by atoms with Crippen LogP contribution in [0.3, 0.4) is 0 Å². The average molecular weight is 411 g/mol. The molecule has 0 radical (unpaired) electrons. The Morgan fingerprint density at radius 3 is 2.73 bits per heavy atom. The molecule has 0 spiro atoms. The van der Waals surface area contributed by atoms with Gasteiger partial charge in [-0.1, -0.05) is 49.6 Å². The second kappa shape index (κ2) is 11.4. The Balaban J connectivity index is 1.51. The summed E-state index contributed by atoms with van der Waals surface area (Å²) >= 11 is 0. The Labute approximate surface area is 179 Å². The van der Waals surface area contributed by atoms with Gasteiger partial charge in [-0.25, -0.2) is 4.98 Å². The fourth-order valence-electron chi connectivity index (χ4n) is 3.79. The van der Waals surface area contributed by atoms with Crippen molar-refractivity contribution in [3.05, 3.63) is 42.4 Å². The van der Waals surface area contributed by atoms with Gasteiger partial charge in [-0.05, 0) is 25.3 Å². The van der Waals surface area contributed by atoms with Crippen LogP contribution >= 0.6 is 0 Å². The number of benzene rings is 1. The lowest BCUT2D eigenvalue weighted by atomic mass is 9.95. The topological polar surface area (TPSA) is 85.4 Å². The van der Waals surface area contributed by atoms with Crippen molar-refractivity contribution in [2.45, 2.75) is 58.0 Å². The molecule has 0 bridgehead atoms. The summed E-state index contributed by atoms with van der Waals surface area (Å²) in [5.74, 6) is 1.75. The average Bonchev–Trinajstić information content (AvgIpc) is 3.23. The predicted octanol–water partition coefficient (Wildman–Crippen LogP) is 3.31. The van der Waals surface area contributed by atoms with E-state index in [2.05, 4.69) is 37.7 Å². The minimum atomic E-state index is 0.0997. The number of H-pyrrole nitrogens is 1. The molecule has 1 saturated carbocycles. The van der Waals surface area contributed by atoms with Gasteiger partial charge in [-0.3, -0.25) is 9.79 Å². The molecule has 3 rings (SSSR count). The summed E-state index contributed by atoms with van der Waals surface area (Å²) in [6.45, 7) is 3.88. The number of nitrogens with zero attached hydrogens (tertiary/aromatic N) is 3. The van der Waals surface area contributed by atoms with Crippen LogP contribution in [0.2, 0.25) is 0 Å². The molecule has 0 saturated heterocycles. The number of rotatable bonds is 8. The Bertz CT molecular complexity index is 810. The quantitative estimate of drug-likeness (QED) is 0.460. The number of aromatic amines is 1. The van der Waals surface area contributed by atoms with E-state index in [1.807, 2.05) is 43.3 Å². The molecular formula is C23H34N6O. The molecule has 7 nitrogen and oxygen atoms in total. The van der Waals surface area contributed by atoms with Crippen molar-refractivity contribution in [3.63, 3.8) is 0 Å². The van der Waals surface area contributed by atoms with Gasteiger partial charge < -0.3 is 20.5 Å². The number of hydrogen-bond acceptors (Lipinski definition) is 3. The minimum absolute atomic E-state index is 0.0997. The number of guanidine groups is 1. The first kappa shape index (κ1) is 21.9. The second-order valence-electron chi connectivity index (χ2n) is 7.85. The van der Waals surface area contributed by atoms with Gasteiger partial charge in [0.1, 0.15) is 5.82 Å². The molecule has 2 aromatic rings. The smallest absolute Gasteiger partial charge is 0.222 e. The van der Waals surface area contributed by atoms with Crippen LogP contribution in [0.4, 0.5) is 0 Å². The summed E-state index contributed by atoms with van der Waals surface area (Å²) in [5.41, 5.74) is 2.11. The van der Waals surface area contributed by atoms with Crippen LogP contribution in [0.1, 0.15) is 51.3 Å². The lowest BCUT2D eigenvalue weighted by molar-refractivity contribution is -0.121. The zero-order valence-electron chi connectivity index (χ0n) is 18.2. The van der Waals surface area contributed by atoms with Gasteiger partial charge >= 0.3 is 0 Å². The molecule has 1 aromatic carbocycles. The molecule has 3 N–H and O–H groups in total. The van der Waals surface area contributed by atoms with E-state index in [0.717, 1.165) is 42.4 Å². The van der Waals surface area contributed by atoms with E-state index in [4.69, 9.17) is 0 Å². The molecule has 1 fully saturated rings. The van der Waals surface area contributed by atoms with E-state index in [-0.39, 0.29) is 5.91 Å². The van der Waals surface area contributed by atoms with Crippen molar-refractivity contribution in [3.8, 4) is 11.3 Å². The van der Waals surface area contributed by atoms with Crippen LogP contribution in [0, 0.1) is 0 Å². The Hall–Kier alpha value is -2.83. The molecule has 1 aliphatic rings. The van der Waals surface area contributed by atoms with Crippen LogP contribution < -0.4 is 10.6 Å². The summed E-state index contributed by atoms with van der Waals surface area (Å²) in [6.07, 6.45) is 8.21. The SMILES string of the molecule is CCNC(=NCCC(=O)NC1CCCCC1)N(C)Cc1ncc(-c2ccccc2)[nH]1. The summed E-state index contributed by atoms with van der Waals surface area (Å²) in [5, 5.41) is 6.45. The molecule has 1 aromatic heterocycles. The van der Waals surface area contributed by atoms with Crippen LogP contribution in [0.25, 0.3) is 11.3 Å². The first-order chi connectivity index (χ1) is 14.7. The predicted molar refractivity (Wildman–Crippen MR) is 121 cm³/mol. The minimum Gasteiger partial charge on any atom is -0.357 e. The number of nitrogens with one attached hydrogen (secondary N) is 3. The number of hydrogen-bond donors (Lipinski definition) is 3. The number of aliphatic imine (C=N–C) groups is 1. The molecule has 1 aliphatic carbocycles. The molecule has 30 heavy (non-hydrogen) atoms. The van der Waals surface area contributed by atoms with E-state index < -0.39 is 0 Å². The first-order valence-corrected chi connectivity index (χ1v) is 11.0. The van der Waals surface area contributed by atoms with E-state index in [1.165, 1.54) is 19.3 Å². The third kappa shape index (κ3) is 6.61. The van der Waals surface area contributed by atoms with Crippen molar-refractivity contribution in [2.24, 2.45) is 4.99 Å². The van der Waals surface area contributed by atoms with Crippen molar-refractivity contribution in [2.75, 3.05) is 20.1 Å². The van der Waals surface area contributed by atoms with Gasteiger partial charge in [0.2, 0.25) is 5.91 Å². The van der Waals surface area contributed by atoms with Gasteiger partial charge in [0, 0.05) is 26.1 Å². The van der Waals surface area contributed by atoms with E-state index in [0.29, 0.717) is 25.6 Å². The van der Waals surface area contributed by atoms with Crippen LogP contribution in [-0.2, 0) is 11.3 Å². The Morgan fingerprint density at radius 2 is 2.00 bits per heavy atom. The fraction of sp³-hybridized carbons (Fsp3) is 0.522. The van der Waals surface area contributed by atoms with Gasteiger partial charge in [0.25, 0.3) is 0 Å². The number of amides is 1. The summed E-state index contributed by atoms with van der Waals surface area (Å²) < 4.78 is 0. The molecule has 1 amide bonds. The highest BCUT2D eigenvalue weighted by Gasteiger charge is 2.15. The lowest BCUT2D eigenvalue weighted by Crippen LogP contribution is -2.39. The third-order valence-corrected chi connectivity index (χ3v) is 5.37. The maximum absolute atomic E-state index is 12.2. The van der Waals surface area contributed by atoms with Gasteiger partial charge in [-0.15, -0.1) is 0 Å². The monoisotopic (exact) mass is 410 g/mol. The first-order valence-electron chi connectivity index (χ1n) is 11.0. The Kier molecular flexibility index (Phi) is 8.30. The van der Waals surface area contributed by atoms with E-state index >= 15 is 0 Å². The number of carbonyl (C=O) groups is 1. The van der Waals surface area contributed by atoms with Crippen molar-refractivity contribution in [1.82, 2.24) is 25.5 Å². The third-order valence-electron chi connectivity index (χ3n) is 5.37. The summed E-state index contributed by atoms with van der Waals surface area (Å²) in [7, 11) is 1.98. The highest BCUT2D eigenvalue weighted by Crippen LogP contribution is 2.18. The molecule has 0 aliphatic heterocycles. The maximum atomic E-state index is 12.2. The van der Waals surface area contributed by atoms with Crippen molar-refractivity contribution >= 4 is 11.9 Å². The number of imidazole rings is 1. The maximum Gasteiger partial charge on any atom is 0.222 e. The molecule has 0 unspecified atom stereocenters. The molecule has 1 heterocycles. The van der Waals surface area contributed by atoms with Gasteiger partial charge in [0.05, 0.1) is 25.0 Å². The Morgan fingerprint density at radius 1 is 1.23 bits per heavy atom. The summed E-state index contributed by atoms with van der Waals surface area (Å²) in [6, 6.07) is 10.5. The van der Waals surface area contributed by atoms with Crippen LogP contribution in [0.5, 0.6) is 0 Å². The highest BCUT2D eigenvalue weighted by atomic mass is 16.1. The highest BCUT2D eigenvalue weighted by molar-refractivity contribution is 5.80. The standard InChI is InChI=1S/C23H34N6O/c1-3-24-23(25-15-14-22(30)27-19-12-8-5-9-13-19)29(2)17-21-26-16-20(28-21)18-10-6-4-7-11-18/h4,6-7,10-11,16,19H,3,5,8-9,12-15,17H2,1-2H3,(H,24,25)(H,26,28)(H,27,30). The zero-order chi connectivity index (χ0) is 21.2. The normalized spacial score (nSPS) is 15.1.